The summed E-state index contributed by atoms with van der Waals surface area (Å²) in [6.07, 6.45) is 3.34. The van der Waals surface area contributed by atoms with E-state index in [1.807, 2.05) is 49.4 Å². The minimum atomic E-state index is -2.43. The predicted octanol–water partition coefficient (Wildman–Crippen LogP) is 3.12. The normalized spacial score (nSPS) is 45.0. The van der Waals surface area contributed by atoms with Gasteiger partial charge in [-0.2, -0.15) is 0 Å². The second kappa shape index (κ2) is 10.4. The average Bonchev–Trinajstić information content (AvgIpc) is 3.71. The Balaban J connectivity index is 1.29. The number of ether oxygens (including phenoxy) is 5. The summed E-state index contributed by atoms with van der Waals surface area (Å²) in [4.78, 5) is 27.5. The number of rotatable bonds is 7. The summed E-state index contributed by atoms with van der Waals surface area (Å²) in [5, 5.41) is 34.9. The summed E-state index contributed by atoms with van der Waals surface area (Å²) in [5.41, 5.74) is -4.99. The largest absolute Gasteiger partial charge is 0.455 e. The van der Waals surface area contributed by atoms with E-state index in [0.717, 1.165) is 5.56 Å². The Bertz CT molecular complexity index is 1790. The molecule has 0 aromatic heterocycles. The third-order valence-corrected chi connectivity index (χ3v) is 11.5. The van der Waals surface area contributed by atoms with Crippen LogP contribution in [0.25, 0.3) is 6.08 Å². The lowest BCUT2D eigenvalue weighted by Gasteiger charge is -2.61. The van der Waals surface area contributed by atoms with Crippen molar-refractivity contribution in [1.82, 2.24) is 0 Å². The van der Waals surface area contributed by atoms with E-state index in [0.29, 0.717) is 11.1 Å². The van der Waals surface area contributed by atoms with Crippen LogP contribution in [0.4, 0.5) is 0 Å². The van der Waals surface area contributed by atoms with Gasteiger partial charge in [-0.15, -0.1) is 0 Å². The van der Waals surface area contributed by atoms with Crippen molar-refractivity contribution in [2.45, 2.75) is 73.6 Å². The maximum atomic E-state index is 13.9. The number of ketones is 1. The molecule has 6 aliphatic rings. The highest BCUT2D eigenvalue weighted by atomic mass is 16.9. The highest BCUT2D eigenvalue weighted by Crippen LogP contribution is 2.74. The second-order valence-corrected chi connectivity index (χ2v) is 13.9. The van der Waals surface area contributed by atoms with Crippen LogP contribution < -0.4 is 0 Å². The number of carbonyl (C=O) groups excluding carboxylic acids is 2. The third kappa shape index (κ3) is 3.76. The Morgan fingerprint density at radius 3 is 2.38 bits per heavy atom. The van der Waals surface area contributed by atoms with Crippen molar-refractivity contribution in [3.8, 4) is 0 Å². The van der Waals surface area contributed by atoms with E-state index in [2.05, 4.69) is 6.58 Å². The number of aliphatic hydroxyl groups excluding tert-OH is 2. The van der Waals surface area contributed by atoms with Gasteiger partial charge < -0.3 is 39.0 Å². The van der Waals surface area contributed by atoms with Crippen molar-refractivity contribution in [3.05, 3.63) is 114 Å². The minimum absolute atomic E-state index is 0.226. The smallest absolute Gasteiger partial charge is 0.331 e. The zero-order valence-electron chi connectivity index (χ0n) is 26.8. The molecule has 0 unspecified atom stereocenters. The fourth-order valence-electron chi connectivity index (χ4n) is 9.34. The van der Waals surface area contributed by atoms with Crippen molar-refractivity contribution < 1.29 is 48.6 Å². The molecule has 3 bridgehead atoms. The van der Waals surface area contributed by atoms with Crippen molar-refractivity contribution in [3.63, 3.8) is 0 Å². The molecule has 5 fully saturated rings. The van der Waals surface area contributed by atoms with Crippen LogP contribution in [0.5, 0.6) is 0 Å². The quantitative estimate of drug-likeness (QED) is 0.134. The van der Waals surface area contributed by atoms with E-state index in [4.69, 9.17) is 23.7 Å². The number of hydrogen-bond acceptors (Lipinski definition) is 10. The number of esters is 1. The molecule has 3 aliphatic heterocycles. The van der Waals surface area contributed by atoms with Gasteiger partial charge in [0, 0.05) is 29.4 Å². The molecule has 2 aromatic rings. The average molecular weight is 655 g/mol. The summed E-state index contributed by atoms with van der Waals surface area (Å²) >= 11 is 0. The van der Waals surface area contributed by atoms with Crippen LogP contribution in [0.15, 0.2) is 103 Å². The monoisotopic (exact) mass is 654 g/mol. The van der Waals surface area contributed by atoms with Gasteiger partial charge in [0.1, 0.15) is 30.0 Å². The second-order valence-electron chi connectivity index (χ2n) is 13.9. The Labute approximate surface area is 277 Å². The van der Waals surface area contributed by atoms with Crippen molar-refractivity contribution in [2.75, 3.05) is 6.61 Å². The standard InChI is InChI=1S/C38H38O10/c1-21(2)36-30(44-27(40)18-12-11-15-24-13-7-5-8-14-24)23(4)37-26-19-22(3)29(41)35(26,43)33(42)34(20-39)31(45-34)28(37)32(36)46-38(47-36,48-37)25-16-9-6-10-17-25/h5-19,23,26,28,30-33,39,42-43H,1,20H2,2-4H3/t23-,26+,28+,30+,31+,32+,33+,34-,35+,36-,37-,38+/m0/s1. The zero-order chi connectivity index (χ0) is 33.9. The summed E-state index contributed by atoms with van der Waals surface area (Å²) in [5.74, 6) is -5.98. The number of Topliss-reactive ketones (excluding diaryl/α,β-unsaturated/α-hetero) is 1. The van der Waals surface area contributed by atoms with E-state index >= 15 is 0 Å². The number of aliphatic hydroxyl groups is 3. The van der Waals surface area contributed by atoms with E-state index in [1.54, 1.807) is 56.3 Å². The zero-order valence-corrected chi connectivity index (χ0v) is 26.8. The first-order valence-corrected chi connectivity index (χ1v) is 16.2. The first kappa shape index (κ1) is 31.5. The maximum Gasteiger partial charge on any atom is 0.331 e. The topological polar surface area (TPSA) is 144 Å². The minimum Gasteiger partial charge on any atom is -0.455 e. The van der Waals surface area contributed by atoms with Gasteiger partial charge in [-0.3, -0.25) is 4.79 Å². The molecule has 3 saturated heterocycles. The molecule has 250 valence electrons. The van der Waals surface area contributed by atoms with Crippen LogP contribution in [0.3, 0.4) is 0 Å². The van der Waals surface area contributed by atoms with Crippen molar-refractivity contribution in [1.29, 1.82) is 0 Å². The highest BCUT2D eigenvalue weighted by Gasteiger charge is 2.90. The number of carbonyl (C=O) groups is 2. The van der Waals surface area contributed by atoms with E-state index < -0.39 is 88.9 Å². The van der Waals surface area contributed by atoms with Gasteiger partial charge in [-0.1, -0.05) is 98.5 Å². The molecule has 2 saturated carbocycles. The summed E-state index contributed by atoms with van der Waals surface area (Å²) in [6, 6.07) is 18.6. The lowest BCUT2D eigenvalue weighted by Crippen LogP contribution is -2.76. The molecule has 3 aliphatic carbocycles. The first-order valence-electron chi connectivity index (χ1n) is 16.2. The molecular formula is C38H38O10. The van der Waals surface area contributed by atoms with Crippen LogP contribution in [-0.4, -0.2) is 80.5 Å². The van der Waals surface area contributed by atoms with E-state index in [1.165, 1.54) is 6.08 Å². The van der Waals surface area contributed by atoms with Crippen LogP contribution in [-0.2, 0) is 39.2 Å². The molecule has 48 heavy (non-hydrogen) atoms. The van der Waals surface area contributed by atoms with E-state index in [-0.39, 0.29) is 5.57 Å². The lowest BCUT2D eigenvalue weighted by atomic mass is 9.53. The number of benzene rings is 2. The molecule has 2 aromatic carbocycles. The molecule has 10 nitrogen and oxygen atoms in total. The Hall–Kier alpha value is -3.74. The molecule has 0 spiro atoms. The Morgan fingerprint density at radius 1 is 1.02 bits per heavy atom. The molecular weight excluding hydrogens is 616 g/mol. The van der Waals surface area contributed by atoms with Crippen LogP contribution in [0, 0.1) is 17.8 Å². The number of hydrogen-bond donors (Lipinski definition) is 3. The van der Waals surface area contributed by atoms with E-state index in [9.17, 15) is 24.9 Å². The van der Waals surface area contributed by atoms with Crippen LogP contribution >= 0.6 is 0 Å². The molecule has 3 N–H and O–H groups in total. The SMILES string of the molecule is C=C(C)[C@@]12O[C@@]3(c4ccccc4)O[C@@H]1[C@H]1[C@H]4O[C@]4(CO)[C@@H](O)[C@]4(O)C(=O)C(C)=C[C@H]4[C@@]1(O3)[C@@H](C)[C@H]2OC(=O)C=CC=Cc1ccccc1. The summed E-state index contributed by atoms with van der Waals surface area (Å²) in [6.45, 7) is 8.79. The van der Waals surface area contributed by atoms with Gasteiger partial charge in [0.25, 0.3) is 0 Å². The first-order chi connectivity index (χ1) is 22.9. The predicted molar refractivity (Wildman–Crippen MR) is 170 cm³/mol. The highest BCUT2D eigenvalue weighted by molar-refractivity contribution is 6.05. The number of epoxide rings is 1. The molecule has 0 radical (unpaired) electrons. The number of fused-ring (bicyclic) bond motifs is 3. The van der Waals surface area contributed by atoms with Gasteiger partial charge in [-0.25, -0.2) is 4.79 Å². The lowest BCUT2D eigenvalue weighted by molar-refractivity contribution is -0.440. The summed E-state index contributed by atoms with van der Waals surface area (Å²) in [7, 11) is 0. The number of allylic oxidation sites excluding steroid dienone is 2. The van der Waals surface area contributed by atoms with Gasteiger partial charge >= 0.3 is 11.9 Å². The molecule has 12 atom stereocenters. The third-order valence-electron chi connectivity index (χ3n) is 11.5. The van der Waals surface area contributed by atoms with Gasteiger partial charge in [-0.05, 0) is 30.6 Å². The van der Waals surface area contributed by atoms with Gasteiger partial charge in [0.05, 0.1) is 12.2 Å². The molecule has 10 heteroatoms. The molecule has 0 amide bonds. The van der Waals surface area contributed by atoms with Crippen molar-refractivity contribution >= 4 is 17.8 Å². The van der Waals surface area contributed by atoms with Crippen LogP contribution in [0.1, 0.15) is 31.9 Å². The summed E-state index contributed by atoms with van der Waals surface area (Å²) < 4.78 is 33.4. The Morgan fingerprint density at radius 2 is 1.71 bits per heavy atom. The van der Waals surface area contributed by atoms with Gasteiger partial charge in [0.2, 0.25) is 0 Å². The molecule has 3 heterocycles. The maximum absolute atomic E-state index is 13.9. The van der Waals surface area contributed by atoms with Gasteiger partial charge in [0.15, 0.2) is 17.0 Å². The molecule has 8 rings (SSSR count). The fourth-order valence-corrected chi connectivity index (χ4v) is 9.34. The fraction of sp³-hybridized carbons (Fsp3) is 0.421. The van der Waals surface area contributed by atoms with Crippen LogP contribution in [0.2, 0.25) is 0 Å². The van der Waals surface area contributed by atoms with Crippen molar-refractivity contribution in [2.24, 2.45) is 17.8 Å². The Kier molecular flexibility index (Phi) is 6.82.